The standard InChI is InChI=1S/C6H7Br2N/c1-9-4-5(7)2-3-6(9)8/h2-4,6H,1H3. The lowest BCUT2D eigenvalue weighted by molar-refractivity contribution is 0.479. The summed E-state index contributed by atoms with van der Waals surface area (Å²) in [7, 11) is 2.02. The van der Waals surface area contributed by atoms with E-state index in [2.05, 4.69) is 42.8 Å². The molecule has 0 fully saturated rings. The van der Waals surface area contributed by atoms with Crippen molar-refractivity contribution < 1.29 is 0 Å². The number of alkyl halides is 1. The van der Waals surface area contributed by atoms with Crippen LogP contribution < -0.4 is 0 Å². The monoisotopic (exact) mass is 251 g/mol. The Hall–Kier alpha value is 0.240. The maximum absolute atomic E-state index is 3.45. The molecule has 9 heavy (non-hydrogen) atoms. The minimum Gasteiger partial charge on any atom is -0.364 e. The van der Waals surface area contributed by atoms with Gasteiger partial charge in [-0.15, -0.1) is 0 Å². The molecule has 0 radical (unpaired) electrons. The number of rotatable bonds is 0. The fourth-order valence-corrected chi connectivity index (χ4v) is 1.36. The van der Waals surface area contributed by atoms with Crippen molar-refractivity contribution in [1.29, 1.82) is 0 Å². The second kappa shape index (κ2) is 2.88. The number of halogens is 2. The van der Waals surface area contributed by atoms with Gasteiger partial charge in [-0.1, -0.05) is 22.0 Å². The topological polar surface area (TPSA) is 3.24 Å². The fraction of sp³-hybridized carbons (Fsp3) is 0.333. The number of hydrogen-bond acceptors (Lipinski definition) is 1. The highest BCUT2D eigenvalue weighted by atomic mass is 79.9. The molecule has 0 aromatic carbocycles. The Bertz CT molecular complexity index is 162. The molecule has 0 bridgehead atoms. The van der Waals surface area contributed by atoms with Crippen LogP contribution in [0.15, 0.2) is 22.8 Å². The largest absolute Gasteiger partial charge is 0.364 e. The quantitative estimate of drug-likeness (QED) is 0.473. The van der Waals surface area contributed by atoms with Crippen LogP contribution in [-0.4, -0.2) is 16.9 Å². The molecule has 0 saturated carbocycles. The Morgan fingerprint density at radius 1 is 1.67 bits per heavy atom. The third-order valence-corrected chi connectivity index (χ3v) is 2.55. The summed E-state index contributed by atoms with van der Waals surface area (Å²) in [5.41, 5.74) is 0. The molecule has 0 aromatic rings. The van der Waals surface area contributed by atoms with Crippen molar-refractivity contribution in [2.75, 3.05) is 7.05 Å². The van der Waals surface area contributed by atoms with E-state index in [1.807, 2.05) is 19.3 Å². The minimum absolute atomic E-state index is 0.346. The summed E-state index contributed by atoms with van der Waals surface area (Å²) in [6.45, 7) is 0. The van der Waals surface area contributed by atoms with Crippen molar-refractivity contribution in [3.8, 4) is 0 Å². The van der Waals surface area contributed by atoms with Crippen molar-refractivity contribution in [3.05, 3.63) is 22.8 Å². The summed E-state index contributed by atoms with van der Waals surface area (Å²) in [4.78, 5) is 2.42. The maximum Gasteiger partial charge on any atom is 0.103 e. The molecule has 0 spiro atoms. The van der Waals surface area contributed by atoms with E-state index in [-0.39, 0.29) is 0 Å². The summed E-state index contributed by atoms with van der Waals surface area (Å²) >= 11 is 6.82. The van der Waals surface area contributed by atoms with Crippen molar-refractivity contribution in [2.45, 2.75) is 4.95 Å². The van der Waals surface area contributed by atoms with Gasteiger partial charge < -0.3 is 4.90 Å². The molecule has 50 valence electrons. The first-order valence-electron chi connectivity index (χ1n) is 2.61. The fourth-order valence-electron chi connectivity index (χ4n) is 0.616. The zero-order valence-electron chi connectivity index (χ0n) is 5.01. The van der Waals surface area contributed by atoms with Crippen LogP contribution in [0.25, 0.3) is 0 Å². The molecule has 0 aromatic heterocycles. The molecule has 1 rings (SSSR count). The minimum atomic E-state index is 0.346. The lowest BCUT2D eigenvalue weighted by Gasteiger charge is -2.21. The highest BCUT2D eigenvalue weighted by Crippen LogP contribution is 2.19. The predicted octanol–water partition coefficient (Wildman–Crippen LogP) is 2.45. The molecule has 1 unspecified atom stereocenters. The van der Waals surface area contributed by atoms with Crippen LogP contribution in [0.5, 0.6) is 0 Å². The second-order valence-corrected chi connectivity index (χ2v) is 3.77. The van der Waals surface area contributed by atoms with Gasteiger partial charge in [-0.05, 0) is 22.0 Å². The average molecular weight is 253 g/mol. The van der Waals surface area contributed by atoms with Gasteiger partial charge in [-0.2, -0.15) is 0 Å². The first-order chi connectivity index (χ1) is 4.20. The first kappa shape index (κ1) is 7.35. The molecule has 0 amide bonds. The number of nitrogens with zero attached hydrogens (tertiary/aromatic N) is 1. The summed E-state index contributed by atoms with van der Waals surface area (Å²) in [5, 5.41) is 0. The summed E-state index contributed by atoms with van der Waals surface area (Å²) in [6, 6.07) is 0. The molecule has 0 N–H and O–H groups in total. The van der Waals surface area contributed by atoms with Gasteiger partial charge in [0.25, 0.3) is 0 Å². The molecule has 0 aliphatic carbocycles. The third kappa shape index (κ3) is 1.83. The molecular weight excluding hydrogens is 246 g/mol. The molecule has 1 atom stereocenters. The third-order valence-electron chi connectivity index (χ3n) is 1.13. The predicted molar refractivity (Wildman–Crippen MR) is 46.6 cm³/mol. The highest BCUT2D eigenvalue weighted by Gasteiger charge is 2.06. The lowest BCUT2D eigenvalue weighted by Crippen LogP contribution is -2.20. The van der Waals surface area contributed by atoms with Crippen molar-refractivity contribution in [1.82, 2.24) is 4.90 Å². The molecule has 1 aliphatic heterocycles. The van der Waals surface area contributed by atoms with E-state index in [9.17, 15) is 0 Å². The van der Waals surface area contributed by atoms with E-state index in [4.69, 9.17) is 0 Å². The maximum atomic E-state index is 3.45. The molecule has 0 saturated heterocycles. The van der Waals surface area contributed by atoms with E-state index in [1.165, 1.54) is 0 Å². The van der Waals surface area contributed by atoms with Gasteiger partial charge >= 0.3 is 0 Å². The van der Waals surface area contributed by atoms with Crippen LogP contribution in [-0.2, 0) is 0 Å². The smallest absolute Gasteiger partial charge is 0.103 e. The number of likely N-dealkylation sites (N-methyl/N-ethyl adjacent to an activating group) is 1. The van der Waals surface area contributed by atoms with E-state index in [0.717, 1.165) is 4.48 Å². The van der Waals surface area contributed by atoms with Crippen molar-refractivity contribution >= 4 is 31.9 Å². The van der Waals surface area contributed by atoms with Crippen LogP contribution in [0.2, 0.25) is 0 Å². The van der Waals surface area contributed by atoms with Gasteiger partial charge in [-0.25, -0.2) is 0 Å². The zero-order valence-corrected chi connectivity index (χ0v) is 8.18. The van der Waals surface area contributed by atoms with E-state index in [1.54, 1.807) is 0 Å². The van der Waals surface area contributed by atoms with Crippen molar-refractivity contribution in [2.24, 2.45) is 0 Å². The van der Waals surface area contributed by atoms with Gasteiger partial charge in [0.05, 0.1) is 0 Å². The summed E-state index contributed by atoms with van der Waals surface area (Å²) in [5.74, 6) is 0. The SMILES string of the molecule is CN1C=C(Br)C=CC1Br. The molecule has 1 heterocycles. The summed E-state index contributed by atoms with van der Waals surface area (Å²) < 4.78 is 1.11. The van der Waals surface area contributed by atoms with E-state index < -0.39 is 0 Å². The normalized spacial score (nSPS) is 26.3. The van der Waals surface area contributed by atoms with Gasteiger partial charge in [0.15, 0.2) is 0 Å². The number of allylic oxidation sites excluding steroid dienone is 2. The Balaban J connectivity index is 2.70. The average Bonchev–Trinajstić information content (AvgIpc) is 1.80. The van der Waals surface area contributed by atoms with Crippen LogP contribution in [0.4, 0.5) is 0 Å². The van der Waals surface area contributed by atoms with Gasteiger partial charge in [0.1, 0.15) is 4.95 Å². The Kier molecular flexibility index (Phi) is 2.35. The molecule has 3 heteroatoms. The second-order valence-electron chi connectivity index (χ2n) is 1.91. The van der Waals surface area contributed by atoms with E-state index in [0.29, 0.717) is 4.95 Å². The molecular formula is C6H7Br2N. The summed E-state index contributed by atoms with van der Waals surface area (Å²) in [6.07, 6.45) is 6.13. The van der Waals surface area contributed by atoms with Crippen molar-refractivity contribution in [3.63, 3.8) is 0 Å². The van der Waals surface area contributed by atoms with Crippen LogP contribution in [0.1, 0.15) is 0 Å². The zero-order chi connectivity index (χ0) is 6.85. The Morgan fingerprint density at radius 3 is 2.78 bits per heavy atom. The van der Waals surface area contributed by atoms with Gasteiger partial charge in [-0.3, -0.25) is 0 Å². The lowest BCUT2D eigenvalue weighted by atomic mass is 10.4. The molecule has 1 aliphatic rings. The Labute approximate surface area is 71.7 Å². The number of hydrogen-bond donors (Lipinski definition) is 0. The Morgan fingerprint density at radius 2 is 2.33 bits per heavy atom. The van der Waals surface area contributed by atoms with Crippen LogP contribution in [0, 0.1) is 0 Å². The first-order valence-corrected chi connectivity index (χ1v) is 4.32. The van der Waals surface area contributed by atoms with Gasteiger partial charge in [0.2, 0.25) is 0 Å². The molecule has 1 nitrogen and oxygen atoms in total. The highest BCUT2D eigenvalue weighted by molar-refractivity contribution is 9.12. The van der Waals surface area contributed by atoms with Gasteiger partial charge in [0, 0.05) is 17.7 Å². The van der Waals surface area contributed by atoms with Crippen LogP contribution >= 0.6 is 31.9 Å². The van der Waals surface area contributed by atoms with E-state index >= 15 is 0 Å². The van der Waals surface area contributed by atoms with Crippen LogP contribution in [0.3, 0.4) is 0 Å².